The van der Waals surface area contributed by atoms with E-state index in [9.17, 15) is 4.79 Å². The summed E-state index contributed by atoms with van der Waals surface area (Å²) >= 11 is 0. The third kappa shape index (κ3) is 1.47. The normalized spacial score (nSPS) is 28.6. The van der Waals surface area contributed by atoms with E-state index in [2.05, 4.69) is 71.9 Å². The van der Waals surface area contributed by atoms with Crippen molar-refractivity contribution in [1.29, 1.82) is 0 Å². The molecule has 106 valence electrons. The molecule has 3 rings (SSSR count). The second-order valence-corrected chi connectivity index (χ2v) is 8.29. The Labute approximate surface area is 122 Å². The highest BCUT2D eigenvalue weighted by Gasteiger charge is 2.74. The van der Waals surface area contributed by atoms with Crippen molar-refractivity contribution < 1.29 is 4.79 Å². The van der Waals surface area contributed by atoms with Gasteiger partial charge in [-0.3, -0.25) is 4.79 Å². The molecule has 0 amide bonds. The van der Waals surface area contributed by atoms with Gasteiger partial charge in [0.1, 0.15) is 0 Å². The Morgan fingerprint density at radius 3 is 2.15 bits per heavy atom. The molecule has 0 radical (unpaired) electrons. The summed E-state index contributed by atoms with van der Waals surface area (Å²) in [4.78, 5) is 12.9. The maximum atomic E-state index is 12.9. The van der Waals surface area contributed by atoms with Gasteiger partial charge in [-0.05, 0) is 22.0 Å². The highest BCUT2D eigenvalue weighted by atomic mass is 16.1. The third-order valence-electron chi connectivity index (χ3n) is 5.06. The lowest BCUT2D eigenvalue weighted by Crippen LogP contribution is -2.34. The van der Waals surface area contributed by atoms with Crippen LogP contribution in [0.25, 0.3) is 6.08 Å². The van der Waals surface area contributed by atoms with Gasteiger partial charge in [-0.2, -0.15) is 0 Å². The summed E-state index contributed by atoms with van der Waals surface area (Å²) in [5, 5.41) is 0. The molecule has 0 saturated heterocycles. The van der Waals surface area contributed by atoms with Crippen molar-refractivity contribution >= 4 is 11.9 Å². The number of carbonyl (C=O) groups excluding carboxylic acids is 1. The Bertz CT molecular complexity index is 622. The molecule has 1 aromatic carbocycles. The molecule has 0 aliphatic heterocycles. The first kappa shape index (κ1) is 13.6. The van der Waals surface area contributed by atoms with Gasteiger partial charge in [-0.1, -0.05) is 77.5 Å². The molecule has 0 spiro atoms. The molecule has 1 aromatic rings. The van der Waals surface area contributed by atoms with Crippen LogP contribution < -0.4 is 0 Å². The zero-order valence-corrected chi connectivity index (χ0v) is 13.4. The SMILES string of the molecule is CC(C)(C)C1=Cc2ccccc2C2(C(C)(C)C)C(=O)C12. The lowest BCUT2D eigenvalue weighted by molar-refractivity contribution is -0.113. The fraction of sp³-hybridized carbons (Fsp3) is 0.526. The molecular formula is C19H24O. The number of hydrogen-bond acceptors (Lipinski definition) is 1. The lowest BCUT2D eigenvalue weighted by Gasteiger charge is -2.37. The van der Waals surface area contributed by atoms with Crippen LogP contribution in [0.4, 0.5) is 0 Å². The van der Waals surface area contributed by atoms with Crippen molar-refractivity contribution in [3.05, 3.63) is 41.0 Å². The summed E-state index contributed by atoms with van der Waals surface area (Å²) in [7, 11) is 0. The molecule has 1 saturated carbocycles. The van der Waals surface area contributed by atoms with Gasteiger partial charge in [-0.15, -0.1) is 0 Å². The molecule has 1 fully saturated rings. The Balaban J connectivity index is 2.31. The van der Waals surface area contributed by atoms with Gasteiger partial charge in [0.25, 0.3) is 0 Å². The zero-order valence-electron chi connectivity index (χ0n) is 13.4. The Hall–Kier alpha value is -1.37. The molecule has 2 aliphatic rings. The van der Waals surface area contributed by atoms with Crippen LogP contribution in [0.5, 0.6) is 0 Å². The number of allylic oxidation sites excluding steroid dienone is 1. The fourth-order valence-corrected chi connectivity index (χ4v) is 4.06. The average Bonchev–Trinajstić information content (AvgIpc) is 2.95. The van der Waals surface area contributed by atoms with Gasteiger partial charge in [0.2, 0.25) is 0 Å². The van der Waals surface area contributed by atoms with E-state index in [4.69, 9.17) is 0 Å². The number of carbonyl (C=O) groups is 1. The Morgan fingerprint density at radius 1 is 1.00 bits per heavy atom. The fourth-order valence-electron chi connectivity index (χ4n) is 4.06. The minimum absolute atomic E-state index is 0.0425. The number of fused-ring (bicyclic) bond motifs is 3. The van der Waals surface area contributed by atoms with E-state index in [0.717, 1.165) is 0 Å². The van der Waals surface area contributed by atoms with Crippen molar-refractivity contribution in [2.45, 2.75) is 47.0 Å². The van der Waals surface area contributed by atoms with E-state index in [1.807, 2.05) is 0 Å². The molecule has 20 heavy (non-hydrogen) atoms. The van der Waals surface area contributed by atoms with Crippen LogP contribution in [0.1, 0.15) is 52.7 Å². The van der Waals surface area contributed by atoms with Crippen molar-refractivity contribution in [3.63, 3.8) is 0 Å². The van der Waals surface area contributed by atoms with Crippen LogP contribution >= 0.6 is 0 Å². The predicted molar refractivity (Wildman–Crippen MR) is 83.5 cm³/mol. The van der Waals surface area contributed by atoms with E-state index < -0.39 is 0 Å². The van der Waals surface area contributed by atoms with Crippen LogP contribution in [0.3, 0.4) is 0 Å². The zero-order chi connectivity index (χ0) is 14.9. The Kier molecular flexibility index (Phi) is 2.47. The van der Waals surface area contributed by atoms with Gasteiger partial charge in [0.05, 0.1) is 11.3 Å². The topological polar surface area (TPSA) is 17.1 Å². The average molecular weight is 268 g/mol. The third-order valence-corrected chi connectivity index (χ3v) is 5.06. The van der Waals surface area contributed by atoms with Crippen LogP contribution in [-0.2, 0) is 10.2 Å². The monoisotopic (exact) mass is 268 g/mol. The van der Waals surface area contributed by atoms with Gasteiger partial charge in [0.15, 0.2) is 5.78 Å². The summed E-state index contributed by atoms with van der Waals surface area (Å²) in [5.74, 6) is 0.494. The molecule has 1 heteroatoms. The van der Waals surface area contributed by atoms with E-state index in [1.54, 1.807) is 0 Å². The van der Waals surface area contributed by atoms with Gasteiger partial charge in [0, 0.05) is 0 Å². The van der Waals surface area contributed by atoms with E-state index in [1.165, 1.54) is 16.7 Å². The molecule has 2 aliphatic carbocycles. The van der Waals surface area contributed by atoms with Gasteiger partial charge < -0.3 is 0 Å². The first-order valence-electron chi connectivity index (χ1n) is 7.47. The van der Waals surface area contributed by atoms with Crippen molar-refractivity contribution in [3.8, 4) is 0 Å². The highest BCUT2D eigenvalue weighted by Crippen LogP contribution is 2.68. The lowest BCUT2D eigenvalue weighted by atomic mass is 9.65. The summed E-state index contributed by atoms with van der Waals surface area (Å²) in [5.41, 5.74) is 3.46. The minimum Gasteiger partial charge on any atom is -0.298 e. The van der Waals surface area contributed by atoms with Crippen LogP contribution in [0, 0.1) is 16.7 Å². The quantitative estimate of drug-likeness (QED) is 0.671. The molecule has 2 unspecified atom stereocenters. The maximum absolute atomic E-state index is 12.9. The predicted octanol–water partition coefficient (Wildman–Crippen LogP) is 4.61. The Morgan fingerprint density at radius 2 is 1.60 bits per heavy atom. The van der Waals surface area contributed by atoms with Crippen LogP contribution in [-0.4, -0.2) is 5.78 Å². The summed E-state index contributed by atoms with van der Waals surface area (Å²) in [6.45, 7) is 13.2. The van der Waals surface area contributed by atoms with Crippen molar-refractivity contribution in [1.82, 2.24) is 0 Å². The number of ketones is 1. The van der Waals surface area contributed by atoms with Crippen molar-refractivity contribution in [2.24, 2.45) is 16.7 Å². The molecular weight excluding hydrogens is 244 g/mol. The smallest absolute Gasteiger partial charge is 0.153 e. The number of Topliss-reactive ketones (excluding diaryl/α,β-unsaturated/α-hetero) is 1. The van der Waals surface area contributed by atoms with E-state index >= 15 is 0 Å². The van der Waals surface area contributed by atoms with E-state index in [0.29, 0.717) is 5.78 Å². The molecule has 0 heterocycles. The van der Waals surface area contributed by atoms with Gasteiger partial charge in [-0.25, -0.2) is 0 Å². The number of rotatable bonds is 0. The minimum atomic E-state index is -0.305. The molecule has 0 N–H and O–H groups in total. The molecule has 1 nitrogen and oxygen atoms in total. The number of hydrogen-bond donors (Lipinski definition) is 0. The molecule has 2 atom stereocenters. The molecule has 0 aromatic heterocycles. The first-order chi connectivity index (χ1) is 9.12. The summed E-state index contributed by atoms with van der Waals surface area (Å²) < 4.78 is 0. The largest absolute Gasteiger partial charge is 0.298 e. The van der Waals surface area contributed by atoms with Crippen LogP contribution in [0.15, 0.2) is 29.8 Å². The highest BCUT2D eigenvalue weighted by molar-refractivity contribution is 6.15. The van der Waals surface area contributed by atoms with Crippen LogP contribution in [0.2, 0.25) is 0 Å². The van der Waals surface area contributed by atoms with Crippen molar-refractivity contribution in [2.75, 3.05) is 0 Å². The second kappa shape index (κ2) is 3.63. The first-order valence-corrected chi connectivity index (χ1v) is 7.47. The summed E-state index contributed by atoms with van der Waals surface area (Å²) in [6, 6.07) is 8.43. The standard InChI is InChI=1S/C19H24O/c1-17(2,3)14-11-12-9-7-8-10-13(12)19(18(4,5)6)15(14)16(19)20/h7-11,15H,1-6H3. The number of benzene rings is 1. The second-order valence-electron chi connectivity index (χ2n) is 8.29. The summed E-state index contributed by atoms with van der Waals surface area (Å²) in [6.07, 6.45) is 2.26. The van der Waals surface area contributed by atoms with Gasteiger partial charge >= 0.3 is 0 Å². The maximum Gasteiger partial charge on any atom is 0.153 e. The van der Waals surface area contributed by atoms with E-state index in [-0.39, 0.29) is 22.2 Å². The molecule has 0 bridgehead atoms.